The molecule has 0 atom stereocenters. The van der Waals surface area contributed by atoms with E-state index >= 15 is 0 Å². The fourth-order valence-electron chi connectivity index (χ4n) is 2.70. The van der Waals surface area contributed by atoms with Crippen molar-refractivity contribution in [2.45, 2.75) is 52.0 Å². The average Bonchev–Trinajstić information content (AvgIpc) is 3.31. The molecule has 0 spiro atoms. The molecular weight excluding hydrogens is 304 g/mol. The van der Waals surface area contributed by atoms with Gasteiger partial charge in [0.1, 0.15) is 0 Å². The van der Waals surface area contributed by atoms with Gasteiger partial charge in [-0.3, -0.25) is 4.99 Å². The van der Waals surface area contributed by atoms with Crippen LogP contribution in [0.3, 0.4) is 0 Å². The Balaban J connectivity index is 1.73. The summed E-state index contributed by atoms with van der Waals surface area (Å²) in [5, 5.41) is 7.52. The molecule has 0 unspecified atom stereocenters. The van der Waals surface area contributed by atoms with Gasteiger partial charge in [-0.05, 0) is 31.6 Å². The lowest BCUT2D eigenvalue weighted by Crippen LogP contribution is -2.40. The van der Waals surface area contributed by atoms with Crippen LogP contribution in [-0.4, -0.2) is 49.9 Å². The van der Waals surface area contributed by atoms with E-state index in [-0.39, 0.29) is 0 Å². The fourth-order valence-corrected chi connectivity index (χ4v) is 2.70. The van der Waals surface area contributed by atoms with Gasteiger partial charge in [0, 0.05) is 39.2 Å². The lowest BCUT2D eigenvalue weighted by molar-refractivity contribution is 0.115. The summed E-state index contributed by atoms with van der Waals surface area (Å²) in [6.45, 7) is 7.41. The van der Waals surface area contributed by atoms with Crippen LogP contribution in [0.25, 0.3) is 0 Å². The second-order valence-electron chi connectivity index (χ2n) is 6.57. The molecule has 0 aliphatic heterocycles. The number of rotatable bonds is 10. The molecule has 2 rings (SSSR count). The summed E-state index contributed by atoms with van der Waals surface area (Å²) in [6.07, 6.45) is 4.83. The molecule has 6 nitrogen and oxygen atoms in total. The van der Waals surface area contributed by atoms with Crippen LogP contribution in [0.2, 0.25) is 0 Å². The largest absolute Gasteiger partial charge is 0.379 e. The first-order valence-electron chi connectivity index (χ1n) is 9.12. The molecule has 1 saturated carbocycles. The third kappa shape index (κ3) is 5.82. The number of nitrogens with one attached hydrogen (secondary N) is 1. The van der Waals surface area contributed by atoms with Gasteiger partial charge in [-0.15, -0.1) is 0 Å². The van der Waals surface area contributed by atoms with Crippen LogP contribution in [0, 0.1) is 5.92 Å². The molecule has 0 saturated heterocycles. The SMILES string of the molecule is CCC(CC)c1cc(CNC(=NC)N(C)CCOCC2CC2)on1. The van der Waals surface area contributed by atoms with Crippen molar-refractivity contribution in [3.8, 4) is 0 Å². The zero-order valence-corrected chi connectivity index (χ0v) is 15.5. The van der Waals surface area contributed by atoms with Crippen molar-refractivity contribution in [3.05, 3.63) is 17.5 Å². The molecule has 6 heteroatoms. The van der Waals surface area contributed by atoms with Gasteiger partial charge in [0.15, 0.2) is 11.7 Å². The summed E-state index contributed by atoms with van der Waals surface area (Å²) in [4.78, 5) is 6.39. The molecular formula is C18H32N4O2. The summed E-state index contributed by atoms with van der Waals surface area (Å²) in [5.41, 5.74) is 1.05. The second kappa shape index (κ2) is 9.67. The van der Waals surface area contributed by atoms with E-state index in [4.69, 9.17) is 9.26 Å². The lowest BCUT2D eigenvalue weighted by atomic mass is 9.99. The highest BCUT2D eigenvalue weighted by atomic mass is 16.5. The average molecular weight is 336 g/mol. The Kier molecular flexibility index (Phi) is 7.56. The molecule has 136 valence electrons. The van der Waals surface area contributed by atoms with E-state index in [0.717, 1.165) is 55.9 Å². The monoisotopic (exact) mass is 336 g/mol. The van der Waals surface area contributed by atoms with Crippen molar-refractivity contribution in [1.29, 1.82) is 0 Å². The summed E-state index contributed by atoms with van der Waals surface area (Å²) >= 11 is 0. The Bertz CT molecular complexity index is 507. The van der Waals surface area contributed by atoms with Gasteiger partial charge in [-0.2, -0.15) is 0 Å². The summed E-state index contributed by atoms with van der Waals surface area (Å²) in [6, 6.07) is 2.05. The number of likely N-dealkylation sites (N-methyl/N-ethyl adjacent to an activating group) is 1. The van der Waals surface area contributed by atoms with Crippen molar-refractivity contribution in [2.75, 3.05) is 33.9 Å². The van der Waals surface area contributed by atoms with Gasteiger partial charge in [0.05, 0.1) is 18.8 Å². The first-order valence-corrected chi connectivity index (χ1v) is 9.12. The minimum absolute atomic E-state index is 0.480. The molecule has 1 fully saturated rings. The Hall–Kier alpha value is -1.56. The maximum atomic E-state index is 5.69. The smallest absolute Gasteiger partial charge is 0.193 e. The highest BCUT2D eigenvalue weighted by Gasteiger charge is 2.21. The van der Waals surface area contributed by atoms with E-state index in [2.05, 4.69) is 40.3 Å². The van der Waals surface area contributed by atoms with Crippen molar-refractivity contribution in [1.82, 2.24) is 15.4 Å². The van der Waals surface area contributed by atoms with E-state index in [1.165, 1.54) is 12.8 Å². The first kappa shape index (κ1) is 18.8. The van der Waals surface area contributed by atoms with Gasteiger partial charge in [0.25, 0.3) is 0 Å². The van der Waals surface area contributed by atoms with Gasteiger partial charge in [0.2, 0.25) is 0 Å². The molecule has 0 amide bonds. The topological polar surface area (TPSA) is 62.9 Å². The minimum Gasteiger partial charge on any atom is -0.379 e. The third-order valence-electron chi connectivity index (χ3n) is 4.60. The first-order chi connectivity index (χ1) is 11.7. The van der Waals surface area contributed by atoms with E-state index < -0.39 is 0 Å². The zero-order valence-electron chi connectivity index (χ0n) is 15.5. The number of hydrogen-bond donors (Lipinski definition) is 1. The van der Waals surface area contributed by atoms with Crippen LogP contribution in [0.15, 0.2) is 15.6 Å². The fraction of sp³-hybridized carbons (Fsp3) is 0.778. The predicted molar refractivity (Wildman–Crippen MR) is 96.2 cm³/mol. The molecule has 1 aliphatic rings. The molecule has 0 bridgehead atoms. The number of hydrogen-bond acceptors (Lipinski definition) is 4. The number of aromatic nitrogens is 1. The maximum Gasteiger partial charge on any atom is 0.193 e. The molecule has 0 radical (unpaired) electrons. The summed E-state index contributed by atoms with van der Waals surface area (Å²) < 4.78 is 11.1. The normalized spacial score (nSPS) is 15.1. The van der Waals surface area contributed by atoms with Crippen LogP contribution in [0.5, 0.6) is 0 Å². The van der Waals surface area contributed by atoms with Crippen LogP contribution in [-0.2, 0) is 11.3 Å². The Morgan fingerprint density at radius 1 is 1.46 bits per heavy atom. The van der Waals surface area contributed by atoms with Crippen LogP contribution in [0.1, 0.15) is 56.9 Å². The van der Waals surface area contributed by atoms with Crippen LogP contribution >= 0.6 is 0 Å². The predicted octanol–water partition coefficient (Wildman–Crippen LogP) is 3.01. The number of ether oxygens (including phenoxy) is 1. The highest BCUT2D eigenvalue weighted by molar-refractivity contribution is 5.79. The number of aliphatic imine (C=N–C) groups is 1. The van der Waals surface area contributed by atoms with Crippen LogP contribution in [0.4, 0.5) is 0 Å². The molecule has 24 heavy (non-hydrogen) atoms. The minimum atomic E-state index is 0.480. The van der Waals surface area contributed by atoms with Gasteiger partial charge < -0.3 is 19.5 Å². The second-order valence-corrected chi connectivity index (χ2v) is 6.57. The zero-order chi connectivity index (χ0) is 17.4. The number of nitrogens with zero attached hydrogens (tertiary/aromatic N) is 3. The number of guanidine groups is 1. The highest BCUT2D eigenvalue weighted by Crippen LogP contribution is 2.28. The van der Waals surface area contributed by atoms with Gasteiger partial charge in [-0.1, -0.05) is 19.0 Å². The Labute approximate surface area is 145 Å². The molecule has 1 N–H and O–H groups in total. The summed E-state index contributed by atoms with van der Waals surface area (Å²) in [5.74, 6) is 2.97. The van der Waals surface area contributed by atoms with Gasteiger partial charge in [-0.25, -0.2) is 0 Å². The van der Waals surface area contributed by atoms with E-state index in [1.54, 1.807) is 7.05 Å². The summed E-state index contributed by atoms with van der Waals surface area (Å²) in [7, 11) is 3.81. The quantitative estimate of drug-likeness (QED) is 0.404. The van der Waals surface area contributed by atoms with Crippen molar-refractivity contribution in [2.24, 2.45) is 10.9 Å². The Morgan fingerprint density at radius 3 is 2.83 bits per heavy atom. The van der Waals surface area contributed by atoms with Crippen molar-refractivity contribution in [3.63, 3.8) is 0 Å². The van der Waals surface area contributed by atoms with E-state index in [9.17, 15) is 0 Å². The van der Waals surface area contributed by atoms with Crippen LogP contribution < -0.4 is 5.32 Å². The maximum absolute atomic E-state index is 5.69. The van der Waals surface area contributed by atoms with Crippen molar-refractivity contribution < 1.29 is 9.26 Å². The van der Waals surface area contributed by atoms with Gasteiger partial charge >= 0.3 is 0 Å². The standard InChI is InChI=1S/C18H32N4O2/c1-5-15(6-2)17-11-16(24-21-17)12-20-18(19-3)22(4)9-10-23-13-14-7-8-14/h11,14-15H,5-10,12-13H2,1-4H3,(H,19,20). The molecule has 1 heterocycles. The molecule has 1 aromatic heterocycles. The Morgan fingerprint density at radius 2 is 2.21 bits per heavy atom. The lowest BCUT2D eigenvalue weighted by Gasteiger charge is -2.21. The molecule has 1 aliphatic carbocycles. The van der Waals surface area contributed by atoms with E-state index in [0.29, 0.717) is 12.5 Å². The van der Waals surface area contributed by atoms with Crippen molar-refractivity contribution >= 4 is 5.96 Å². The van der Waals surface area contributed by atoms with E-state index in [1.807, 2.05) is 7.05 Å². The molecule has 0 aromatic carbocycles. The molecule has 1 aromatic rings. The third-order valence-corrected chi connectivity index (χ3v) is 4.60.